The highest BCUT2D eigenvalue weighted by atomic mass is 127. The highest BCUT2D eigenvalue weighted by Gasteiger charge is 2.16. The highest BCUT2D eigenvalue weighted by Crippen LogP contribution is 2.21. The maximum Gasteiger partial charge on any atom is 0.257 e. The topological polar surface area (TPSA) is 40.5 Å². The maximum absolute atomic E-state index is 12.1. The van der Waals surface area contributed by atoms with Gasteiger partial charge in [-0.1, -0.05) is 13.8 Å². The van der Waals surface area contributed by atoms with Crippen LogP contribution < -0.4 is 0 Å². The molecule has 0 aliphatic carbocycles. The summed E-state index contributed by atoms with van der Waals surface area (Å²) < 4.78 is 0.945. The summed E-state index contributed by atoms with van der Waals surface area (Å²) in [5.74, 6) is 0.489. The monoisotopic (exact) mass is 347 g/mol. The van der Waals surface area contributed by atoms with Crippen LogP contribution in [-0.2, 0) is 0 Å². The number of carbonyl (C=O) groups is 1. The minimum Gasteiger partial charge on any atom is -0.507 e. The second kappa shape index (κ2) is 6.23. The summed E-state index contributed by atoms with van der Waals surface area (Å²) in [5.41, 5.74) is 0.378. The largest absolute Gasteiger partial charge is 0.507 e. The molecule has 17 heavy (non-hydrogen) atoms. The molecule has 1 N–H and O–H groups in total. The minimum absolute atomic E-state index is 0.0480. The Morgan fingerprint density at radius 1 is 1.47 bits per heavy atom. The number of hydrogen-bond acceptors (Lipinski definition) is 2. The first kappa shape index (κ1) is 14.3. The standard InChI is InChI=1S/C13H18INO2/c1-9(2)6-7-15(3)13(17)11-8-10(14)4-5-12(11)16/h4-5,8-9,16H,6-7H2,1-3H3. The molecular weight excluding hydrogens is 329 g/mol. The Kier molecular flexibility index (Phi) is 5.24. The van der Waals surface area contributed by atoms with E-state index < -0.39 is 0 Å². The van der Waals surface area contributed by atoms with Gasteiger partial charge in [-0.05, 0) is 53.1 Å². The number of halogens is 1. The number of phenols is 1. The fraction of sp³-hybridized carbons (Fsp3) is 0.462. The number of amides is 1. The SMILES string of the molecule is CC(C)CCN(C)C(=O)c1cc(I)ccc1O. The smallest absolute Gasteiger partial charge is 0.257 e. The van der Waals surface area contributed by atoms with E-state index in [0.29, 0.717) is 18.0 Å². The van der Waals surface area contributed by atoms with E-state index >= 15 is 0 Å². The third kappa shape index (κ3) is 4.18. The lowest BCUT2D eigenvalue weighted by Crippen LogP contribution is -2.28. The lowest BCUT2D eigenvalue weighted by atomic mass is 10.1. The van der Waals surface area contributed by atoms with Crippen molar-refractivity contribution in [1.82, 2.24) is 4.90 Å². The third-order valence-corrected chi connectivity index (χ3v) is 3.25. The van der Waals surface area contributed by atoms with Gasteiger partial charge in [-0.2, -0.15) is 0 Å². The van der Waals surface area contributed by atoms with E-state index in [1.165, 1.54) is 0 Å². The molecular formula is C13H18INO2. The summed E-state index contributed by atoms with van der Waals surface area (Å²) in [6.07, 6.45) is 0.965. The lowest BCUT2D eigenvalue weighted by Gasteiger charge is -2.19. The average molecular weight is 347 g/mol. The maximum atomic E-state index is 12.1. The number of aromatic hydroxyl groups is 1. The van der Waals surface area contributed by atoms with Gasteiger partial charge in [0.25, 0.3) is 5.91 Å². The molecule has 0 unspecified atom stereocenters. The predicted molar refractivity (Wildman–Crippen MR) is 77.2 cm³/mol. The molecule has 1 rings (SSSR count). The fourth-order valence-corrected chi connectivity index (χ4v) is 1.93. The second-order valence-electron chi connectivity index (χ2n) is 4.57. The van der Waals surface area contributed by atoms with Crippen LogP contribution in [0, 0.1) is 9.49 Å². The van der Waals surface area contributed by atoms with E-state index in [-0.39, 0.29) is 11.7 Å². The summed E-state index contributed by atoms with van der Waals surface area (Å²) >= 11 is 2.13. The van der Waals surface area contributed by atoms with Gasteiger partial charge in [0.05, 0.1) is 5.56 Å². The lowest BCUT2D eigenvalue weighted by molar-refractivity contribution is 0.0786. The number of hydrogen-bond donors (Lipinski definition) is 1. The summed E-state index contributed by atoms with van der Waals surface area (Å²) in [7, 11) is 1.77. The van der Waals surface area contributed by atoms with E-state index in [4.69, 9.17) is 0 Å². The van der Waals surface area contributed by atoms with Gasteiger partial charge in [0.2, 0.25) is 0 Å². The van der Waals surface area contributed by atoms with Crippen molar-refractivity contribution in [2.75, 3.05) is 13.6 Å². The van der Waals surface area contributed by atoms with Gasteiger partial charge >= 0.3 is 0 Å². The summed E-state index contributed by atoms with van der Waals surface area (Å²) in [6.45, 7) is 4.96. The molecule has 0 aromatic heterocycles. The molecule has 1 amide bonds. The van der Waals surface area contributed by atoms with Gasteiger partial charge in [0.15, 0.2) is 0 Å². The molecule has 1 aromatic carbocycles. The van der Waals surface area contributed by atoms with E-state index in [1.54, 1.807) is 30.1 Å². The molecule has 4 heteroatoms. The molecule has 3 nitrogen and oxygen atoms in total. The van der Waals surface area contributed by atoms with Crippen molar-refractivity contribution in [3.8, 4) is 5.75 Å². The Hall–Kier alpha value is -0.780. The molecule has 94 valence electrons. The molecule has 0 aliphatic rings. The van der Waals surface area contributed by atoms with Crippen molar-refractivity contribution >= 4 is 28.5 Å². The van der Waals surface area contributed by atoms with Crippen LogP contribution in [0.5, 0.6) is 5.75 Å². The normalized spacial score (nSPS) is 10.6. The van der Waals surface area contributed by atoms with Crippen LogP contribution in [0.4, 0.5) is 0 Å². The Balaban J connectivity index is 2.78. The van der Waals surface area contributed by atoms with Crippen LogP contribution in [0.2, 0.25) is 0 Å². The first-order chi connectivity index (χ1) is 7.91. The van der Waals surface area contributed by atoms with E-state index in [2.05, 4.69) is 36.4 Å². The molecule has 0 atom stereocenters. The highest BCUT2D eigenvalue weighted by molar-refractivity contribution is 14.1. The second-order valence-corrected chi connectivity index (χ2v) is 5.82. The zero-order valence-electron chi connectivity index (χ0n) is 10.4. The van der Waals surface area contributed by atoms with Crippen LogP contribution >= 0.6 is 22.6 Å². The molecule has 0 aliphatic heterocycles. The molecule has 0 bridgehead atoms. The van der Waals surface area contributed by atoms with Crippen LogP contribution in [0.3, 0.4) is 0 Å². The molecule has 0 saturated heterocycles. The quantitative estimate of drug-likeness (QED) is 0.851. The predicted octanol–water partition coefficient (Wildman–Crippen LogP) is 3.11. The van der Waals surface area contributed by atoms with E-state index in [1.807, 2.05) is 0 Å². The van der Waals surface area contributed by atoms with Crippen LogP contribution in [-0.4, -0.2) is 29.5 Å². The zero-order valence-corrected chi connectivity index (χ0v) is 12.6. The van der Waals surface area contributed by atoms with Crippen molar-refractivity contribution < 1.29 is 9.90 Å². The van der Waals surface area contributed by atoms with Crippen molar-refractivity contribution in [3.05, 3.63) is 27.3 Å². The van der Waals surface area contributed by atoms with Gasteiger partial charge in [-0.3, -0.25) is 4.79 Å². The number of benzene rings is 1. The summed E-state index contributed by atoms with van der Waals surface area (Å²) in [4.78, 5) is 13.8. The first-order valence-electron chi connectivity index (χ1n) is 5.65. The number of nitrogens with zero attached hydrogens (tertiary/aromatic N) is 1. The fourth-order valence-electron chi connectivity index (χ4n) is 1.44. The zero-order chi connectivity index (χ0) is 13.0. The average Bonchev–Trinajstić information content (AvgIpc) is 2.28. The molecule has 0 radical (unpaired) electrons. The molecule has 0 saturated carbocycles. The van der Waals surface area contributed by atoms with Crippen LogP contribution in [0.1, 0.15) is 30.6 Å². The summed E-state index contributed by atoms with van der Waals surface area (Å²) in [5, 5.41) is 9.68. The Labute approximate surface area is 116 Å². The van der Waals surface area contributed by atoms with Crippen LogP contribution in [0.25, 0.3) is 0 Å². The Bertz CT molecular complexity index is 404. The van der Waals surface area contributed by atoms with Crippen molar-refractivity contribution in [2.45, 2.75) is 20.3 Å². The number of rotatable bonds is 4. The third-order valence-electron chi connectivity index (χ3n) is 2.58. The van der Waals surface area contributed by atoms with E-state index in [9.17, 15) is 9.90 Å². The molecule has 1 aromatic rings. The summed E-state index contributed by atoms with van der Waals surface area (Å²) in [6, 6.07) is 5.05. The van der Waals surface area contributed by atoms with Gasteiger partial charge in [-0.25, -0.2) is 0 Å². The molecule has 0 spiro atoms. The van der Waals surface area contributed by atoms with Gasteiger partial charge in [-0.15, -0.1) is 0 Å². The van der Waals surface area contributed by atoms with Crippen molar-refractivity contribution in [2.24, 2.45) is 5.92 Å². The van der Waals surface area contributed by atoms with Gasteiger partial charge < -0.3 is 10.0 Å². The number of carbonyl (C=O) groups excluding carboxylic acids is 1. The Morgan fingerprint density at radius 2 is 2.12 bits per heavy atom. The molecule has 0 heterocycles. The molecule has 0 fully saturated rings. The van der Waals surface area contributed by atoms with Crippen molar-refractivity contribution in [3.63, 3.8) is 0 Å². The Morgan fingerprint density at radius 3 is 2.71 bits per heavy atom. The van der Waals surface area contributed by atoms with Crippen LogP contribution in [0.15, 0.2) is 18.2 Å². The van der Waals surface area contributed by atoms with Crippen molar-refractivity contribution in [1.29, 1.82) is 0 Å². The van der Waals surface area contributed by atoms with E-state index in [0.717, 1.165) is 9.99 Å². The first-order valence-corrected chi connectivity index (χ1v) is 6.73. The number of phenolic OH excluding ortho intramolecular Hbond substituents is 1. The minimum atomic E-state index is -0.123. The van der Waals surface area contributed by atoms with Gasteiger partial charge in [0, 0.05) is 17.2 Å². The van der Waals surface area contributed by atoms with Gasteiger partial charge in [0.1, 0.15) is 5.75 Å².